The Morgan fingerprint density at radius 3 is 2.75 bits per heavy atom. The molecule has 2 aromatic heterocycles. The summed E-state index contributed by atoms with van der Waals surface area (Å²) in [6, 6.07) is 1.99. The molecule has 0 saturated carbocycles. The molecular weight excluding hydrogens is 252 g/mol. The van der Waals surface area contributed by atoms with Crippen molar-refractivity contribution in [3.63, 3.8) is 0 Å². The van der Waals surface area contributed by atoms with Crippen molar-refractivity contribution in [1.82, 2.24) is 19.9 Å². The molecule has 5 nitrogen and oxygen atoms in total. The smallest absolute Gasteiger partial charge is 0.134 e. The molecule has 0 amide bonds. The van der Waals surface area contributed by atoms with Gasteiger partial charge >= 0.3 is 0 Å². The minimum Gasteiger partial charge on any atom is -0.375 e. The van der Waals surface area contributed by atoms with Gasteiger partial charge in [0.2, 0.25) is 0 Å². The summed E-state index contributed by atoms with van der Waals surface area (Å²) in [5.74, 6) is 1.60. The van der Waals surface area contributed by atoms with Crippen LogP contribution in [-0.4, -0.2) is 26.5 Å². The van der Waals surface area contributed by atoms with Crippen LogP contribution in [0.15, 0.2) is 6.07 Å². The van der Waals surface area contributed by atoms with Crippen LogP contribution in [0.3, 0.4) is 0 Å². The van der Waals surface area contributed by atoms with Crippen LogP contribution >= 0.6 is 0 Å². The van der Waals surface area contributed by atoms with Gasteiger partial charge in [0, 0.05) is 11.4 Å². The molecule has 0 atom stereocenters. The molecule has 0 radical (unpaired) electrons. The average molecular weight is 270 g/mol. The van der Waals surface area contributed by atoms with Crippen molar-refractivity contribution in [2.75, 3.05) is 6.61 Å². The van der Waals surface area contributed by atoms with Gasteiger partial charge in [0.15, 0.2) is 0 Å². The molecule has 0 N–H and O–H groups in total. The number of aromatic nitrogens is 4. The van der Waals surface area contributed by atoms with E-state index in [-0.39, 0.29) is 0 Å². The Kier molecular flexibility index (Phi) is 3.44. The molecule has 104 valence electrons. The number of ether oxygens (including phenoxy) is 1. The molecule has 1 aliphatic heterocycles. The summed E-state index contributed by atoms with van der Waals surface area (Å²) in [5, 5.41) is 0. The highest BCUT2D eigenvalue weighted by Gasteiger charge is 2.16. The van der Waals surface area contributed by atoms with Crippen molar-refractivity contribution in [3.8, 4) is 0 Å². The summed E-state index contributed by atoms with van der Waals surface area (Å²) in [7, 11) is 0. The minimum absolute atomic E-state index is 0.591. The zero-order chi connectivity index (χ0) is 14.1. The first-order valence-corrected chi connectivity index (χ1v) is 6.86. The lowest BCUT2D eigenvalue weighted by molar-refractivity contribution is 0.106. The van der Waals surface area contributed by atoms with E-state index in [1.807, 2.05) is 26.8 Å². The van der Waals surface area contributed by atoms with E-state index in [1.54, 1.807) is 0 Å². The van der Waals surface area contributed by atoms with Crippen LogP contribution in [0.25, 0.3) is 0 Å². The molecule has 20 heavy (non-hydrogen) atoms. The molecule has 0 fully saturated rings. The van der Waals surface area contributed by atoms with Crippen molar-refractivity contribution in [1.29, 1.82) is 0 Å². The van der Waals surface area contributed by atoms with E-state index in [1.165, 1.54) is 5.56 Å². The van der Waals surface area contributed by atoms with E-state index in [0.29, 0.717) is 13.0 Å². The van der Waals surface area contributed by atoms with Crippen LogP contribution < -0.4 is 0 Å². The average Bonchev–Trinajstić information content (AvgIpc) is 2.37. The molecule has 3 heterocycles. The molecule has 0 saturated heterocycles. The van der Waals surface area contributed by atoms with Gasteiger partial charge < -0.3 is 4.74 Å². The van der Waals surface area contributed by atoms with Gasteiger partial charge in [-0.15, -0.1) is 0 Å². The Hall–Kier alpha value is -1.88. The monoisotopic (exact) mass is 270 g/mol. The fourth-order valence-corrected chi connectivity index (χ4v) is 2.63. The number of fused-ring (bicyclic) bond motifs is 1. The predicted octanol–water partition coefficient (Wildman–Crippen LogP) is 1.86. The van der Waals surface area contributed by atoms with Crippen molar-refractivity contribution in [2.45, 2.75) is 40.2 Å². The molecule has 5 heteroatoms. The van der Waals surface area contributed by atoms with Gasteiger partial charge in [0.1, 0.15) is 11.6 Å². The summed E-state index contributed by atoms with van der Waals surface area (Å²) in [6.45, 7) is 7.29. The van der Waals surface area contributed by atoms with Crippen LogP contribution in [0.1, 0.15) is 40.0 Å². The first-order valence-electron chi connectivity index (χ1n) is 6.86. The van der Waals surface area contributed by atoms with Crippen LogP contribution in [0, 0.1) is 20.8 Å². The topological polar surface area (TPSA) is 60.8 Å². The molecule has 3 rings (SSSR count). The Bertz CT molecular complexity index is 634. The largest absolute Gasteiger partial charge is 0.375 e. The lowest BCUT2D eigenvalue weighted by Crippen LogP contribution is -2.16. The zero-order valence-corrected chi connectivity index (χ0v) is 12.1. The van der Waals surface area contributed by atoms with Gasteiger partial charge in [0.25, 0.3) is 0 Å². The highest BCUT2D eigenvalue weighted by molar-refractivity contribution is 5.27. The van der Waals surface area contributed by atoms with Gasteiger partial charge in [-0.05, 0) is 38.8 Å². The lowest BCUT2D eigenvalue weighted by Gasteiger charge is -2.18. The van der Waals surface area contributed by atoms with Gasteiger partial charge in [-0.1, -0.05) is 0 Å². The minimum atomic E-state index is 0.591. The maximum atomic E-state index is 5.48. The zero-order valence-electron chi connectivity index (χ0n) is 12.1. The normalized spacial score (nSPS) is 14.2. The standard InChI is InChI=1S/C15H18N4O/c1-9-6-12(18-11(3)16-9)7-15-17-10(2)13-4-5-20-8-14(13)19-15/h6H,4-5,7-8H2,1-3H3. The van der Waals surface area contributed by atoms with E-state index in [2.05, 4.69) is 19.9 Å². The van der Waals surface area contributed by atoms with Gasteiger partial charge in [0.05, 0.1) is 31.0 Å². The van der Waals surface area contributed by atoms with E-state index in [0.717, 1.165) is 47.5 Å². The van der Waals surface area contributed by atoms with E-state index in [9.17, 15) is 0 Å². The number of aryl methyl sites for hydroxylation is 3. The second kappa shape index (κ2) is 5.25. The molecule has 0 spiro atoms. The molecule has 0 unspecified atom stereocenters. The van der Waals surface area contributed by atoms with Gasteiger partial charge in [-0.25, -0.2) is 19.9 Å². The van der Waals surface area contributed by atoms with Gasteiger partial charge in [-0.2, -0.15) is 0 Å². The molecular formula is C15H18N4O. The van der Waals surface area contributed by atoms with E-state index in [4.69, 9.17) is 4.74 Å². The SMILES string of the molecule is Cc1cc(Cc2nc(C)c3c(n2)COCC3)nc(C)n1. The highest BCUT2D eigenvalue weighted by atomic mass is 16.5. The number of nitrogens with zero attached hydrogens (tertiary/aromatic N) is 4. The van der Waals surface area contributed by atoms with Crippen molar-refractivity contribution >= 4 is 0 Å². The summed E-state index contributed by atoms with van der Waals surface area (Å²) in [4.78, 5) is 18.0. The molecule has 2 aromatic rings. The Balaban J connectivity index is 1.92. The third-order valence-electron chi connectivity index (χ3n) is 3.44. The van der Waals surface area contributed by atoms with Crippen LogP contribution in [-0.2, 0) is 24.2 Å². The number of rotatable bonds is 2. The van der Waals surface area contributed by atoms with Crippen LogP contribution in [0.4, 0.5) is 0 Å². The van der Waals surface area contributed by atoms with Crippen molar-refractivity contribution < 1.29 is 4.74 Å². The second-order valence-electron chi connectivity index (χ2n) is 5.18. The van der Waals surface area contributed by atoms with Crippen molar-refractivity contribution in [2.24, 2.45) is 0 Å². The Morgan fingerprint density at radius 1 is 1.10 bits per heavy atom. The fourth-order valence-electron chi connectivity index (χ4n) is 2.63. The van der Waals surface area contributed by atoms with Gasteiger partial charge in [-0.3, -0.25) is 0 Å². The predicted molar refractivity (Wildman–Crippen MR) is 74.4 cm³/mol. The summed E-state index contributed by atoms with van der Waals surface area (Å²) < 4.78 is 5.48. The Labute approximate surface area is 118 Å². The molecule has 0 bridgehead atoms. The number of hydrogen-bond donors (Lipinski definition) is 0. The third kappa shape index (κ3) is 2.67. The summed E-state index contributed by atoms with van der Waals surface area (Å²) in [6.07, 6.45) is 1.55. The first-order chi connectivity index (χ1) is 9.61. The van der Waals surface area contributed by atoms with E-state index < -0.39 is 0 Å². The summed E-state index contributed by atoms with van der Waals surface area (Å²) >= 11 is 0. The summed E-state index contributed by atoms with van der Waals surface area (Å²) in [5.41, 5.74) is 5.28. The second-order valence-corrected chi connectivity index (χ2v) is 5.18. The van der Waals surface area contributed by atoms with Crippen molar-refractivity contribution in [3.05, 3.63) is 46.1 Å². The molecule has 0 aliphatic carbocycles. The quantitative estimate of drug-likeness (QED) is 0.833. The van der Waals surface area contributed by atoms with E-state index >= 15 is 0 Å². The molecule has 0 aromatic carbocycles. The highest BCUT2D eigenvalue weighted by Crippen LogP contribution is 2.18. The van der Waals surface area contributed by atoms with Crippen LogP contribution in [0.5, 0.6) is 0 Å². The maximum Gasteiger partial charge on any atom is 0.134 e. The number of hydrogen-bond acceptors (Lipinski definition) is 5. The fraction of sp³-hybridized carbons (Fsp3) is 0.467. The first kappa shape index (κ1) is 13.1. The Morgan fingerprint density at radius 2 is 1.95 bits per heavy atom. The van der Waals surface area contributed by atoms with Crippen LogP contribution in [0.2, 0.25) is 0 Å². The maximum absolute atomic E-state index is 5.48. The third-order valence-corrected chi connectivity index (χ3v) is 3.44. The molecule has 1 aliphatic rings. The lowest BCUT2D eigenvalue weighted by atomic mass is 10.1.